The number of aliphatic carboxylic acids is 1. The second kappa shape index (κ2) is 13.6. The van der Waals surface area contributed by atoms with E-state index < -0.39 is 5.97 Å². The number of carbonyl (C=O) groups is 2. The van der Waals surface area contributed by atoms with Gasteiger partial charge in [0.1, 0.15) is 5.78 Å². The average molecular weight is 415 g/mol. The summed E-state index contributed by atoms with van der Waals surface area (Å²) >= 11 is 1.80. The Labute approximate surface area is 176 Å². The van der Waals surface area contributed by atoms with Crippen LogP contribution in [-0.4, -0.2) is 39.1 Å². The topological polar surface area (TPSA) is 74.6 Å². The van der Waals surface area contributed by atoms with E-state index in [1.807, 2.05) is 0 Å². The van der Waals surface area contributed by atoms with Crippen molar-refractivity contribution in [1.82, 2.24) is 0 Å². The molecule has 0 spiro atoms. The number of ketones is 1. The fourth-order valence-electron chi connectivity index (χ4n) is 3.95. The molecule has 1 fully saturated rings. The highest BCUT2D eigenvalue weighted by molar-refractivity contribution is 8.00. The van der Waals surface area contributed by atoms with Gasteiger partial charge in [0.25, 0.3) is 0 Å². The molecule has 4 nitrogen and oxygen atoms in total. The van der Waals surface area contributed by atoms with E-state index >= 15 is 0 Å². The maximum atomic E-state index is 12.2. The van der Waals surface area contributed by atoms with Crippen molar-refractivity contribution in [1.29, 1.82) is 0 Å². The highest BCUT2D eigenvalue weighted by Gasteiger charge is 2.34. The van der Waals surface area contributed by atoms with Gasteiger partial charge in [-0.05, 0) is 37.5 Å². The Bertz CT molecular complexity index is 458. The summed E-state index contributed by atoms with van der Waals surface area (Å²) in [5.74, 6) is 0.546. The second-order valence-corrected chi connectivity index (χ2v) is 10.9. The summed E-state index contributed by atoms with van der Waals surface area (Å²) < 4.78 is 0. The van der Waals surface area contributed by atoms with E-state index in [0.29, 0.717) is 22.9 Å². The van der Waals surface area contributed by atoms with Crippen molar-refractivity contribution in [3.63, 3.8) is 0 Å². The molecule has 164 valence electrons. The molecule has 0 bridgehead atoms. The molecule has 0 aliphatic heterocycles. The zero-order valence-corrected chi connectivity index (χ0v) is 19.1. The van der Waals surface area contributed by atoms with Gasteiger partial charge >= 0.3 is 5.97 Å². The minimum atomic E-state index is -0.727. The van der Waals surface area contributed by atoms with E-state index in [-0.39, 0.29) is 18.4 Å². The largest absolute Gasteiger partial charge is 0.481 e. The molecule has 0 aromatic rings. The van der Waals surface area contributed by atoms with Crippen LogP contribution >= 0.6 is 11.8 Å². The molecular formula is C23H42O4S. The standard InChI is InChI=1S/C23H42O4S/c1-23(2,3)16-10-6-7-11-18(24)17-28-21-15-14-20(25)19(21)12-8-4-5-9-13-22(26)27/h18-19,21,24H,4-17H2,1-3H3,(H,26,27). The molecule has 1 aliphatic carbocycles. The highest BCUT2D eigenvalue weighted by atomic mass is 32.2. The number of thioether (sulfide) groups is 1. The van der Waals surface area contributed by atoms with Crippen molar-refractivity contribution < 1.29 is 19.8 Å². The van der Waals surface area contributed by atoms with E-state index in [2.05, 4.69) is 20.8 Å². The van der Waals surface area contributed by atoms with Crippen molar-refractivity contribution in [3.8, 4) is 0 Å². The number of carboxylic acid groups (broad SMARTS) is 1. The summed E-state index contributed by atoms with van der Waals surface area (Å²) in [5, 5.41) is 19.3. The number of rotatable bonds is 15. The van der Waals surface area contributed by atoms with Gasteiger partial charge in [-0.25, -0.2) is 0 Å². The number of unbranched alkanes of at least 4 members (excludes halogenated alkanes) is 5. The number of Topliss-reactive ketones (excluding diaryl/α,β-unsaturated/α-hetero) is 1. The van der Waals surface area contributed by atoms with Crippen LogP contribution in [0.1, 0.15) is 104 Å². The fraction of sp³-hybridized carbons (Fsp3) is 0.913. The summed E-state index contributed by atoms with van der Waals surface area (Å²) in [4.78, 5) is 22.7. The predicted molar refractivity (Wildman–Crippen MR) is 118 cm³/mol. The minimum absolute atomic E-state index is 0.142. The van der Waals surface area contributed by atoms with Gasteiger partial charge in [0.15, 0.2) is 0 Å². The van der Waals surface area contributed by atoms with Crippen LogP contribution in [0.5, 0.6) is 0 Å². The molecule has 0 amide bonds. The van der Waals surface area contributed by atoms with Gasteiger partial charge in [-0.3, -0.25) is 9.59 Å². The normalized spacial score (nSPS) is 21.2. The Morgan fingerprint density at radius 3 is 2.46 bits per heavy atom. The lowest BCUT2D eigenvalue weighted by Gasteiger charge is -2.20. The lowest BCUT2D eigenvalue weighted by Crippen LogP contribution is -2.20. The van der Waals surface area contributed by atoms with Gasteiger partial charge < -0.3 is 10.2 Å². The average Bonchev–Trinajstić information content (AvgIpc) is 2.94. The summed E-state index contributed by atoms with van der Waals surface area (Å²) in [5.41, 5.74) is 0.398. The number of aliphatic hydroxyl groups excluding tert-OH is 1. The summed E-state index contributed by atoms with van der Waals surface area (Å²) in [6.07, 6.45) is 11.8. The minimum Gasteiger partial charge on any atom is -0.481 e. The summed E-state index contributed by atoms with van der Waals surface area (Å²) in [6, 6.07) is 0. The molecule has 2 N–H and O–H groups in total. The van der Waals surface area contributed by atoms with E-state index in [1.54, 1.807) is 11.8 Å². The molecule has 1 saturated carbocycles. The summed E-state index contributed by atoms with van der Waals surface area (Å²) in [7, 11) is 0. The van der Waals surface area contributed by atoms with Crippen molar-refractivity contribution in [2.75, 3.05) is 5.75 Å². The Hall–Kier alpha value is -0.550. The summed E-state index contributed by atoms with van der Waals surface area (Å²) in [6.45, 7) is 6.82. The van der Waals surface area contributed by atoms with Gasteiger partial charge in [-0.1, -0.05) is 59.3 Å². The number of carbonyl (C=O) groups excluding carboxylic acids is 1. The van der Waals surface area contributed by atoms with Gasteiger partial charge in [0.05, 0.1) is 6.10 Å². The molecule has 28 heavy (non-hydrogen) atoms. The third kappa shape index (κ3) is 12.1. The number of hydrogen-bond donors (Lipinski definition) is 2. The lowest BCUT2D eigenvalue weighted by molar-refractivity contribution is -0.137. The first-order chi connectivity index (χ1) is 13.2. The van der Waals surface area contributed by atoms with Crippen LogP contribution in [0.15, 0.2) is 0 Å². The van der Waals surface area contributed by atoms with Gasteiger partial charge in [-0.15, -0.1) is 0 Å². The maximum absolute atomic E-state index is 12.2. The first-order valence-corrected chi connectivity index (χ1v) is 12.3. The molecule has 5 heteroatoms. The van der Waals surface area contributed by atoms with Crippen LogP contribution in [0, 0.1) is 11.3 Å². The molecule has 0 saturated heterocycles. The van der Waals surface area contributed by atoms with E-state index in [0.717, 1.165) is 57.1 Å². The molecule has 0 radical (unpaired) electrons. The monoisotopic (exact) mass is 414 g/mol. The first kappa shape index (κ1) is 25.5. The Kier molecular flexibility index (Phi) is 12.4. The highest BCUT2D eigenvalue weighted by Crippen LogP contribution is 2.36. The van der Waals surface area contributed by atoms with Crippen LogP contribution < -0.4 is 0 Å². The van der Waals surface area contributed by atoms with Crippen molar-refractivity contribution in [2.24, 2.45) is 11.3 Å². The van der Waals surface area contributed by atoms with Crippen LogP contribution in [0.2, 0.25) is 0 Å². The van der Waals surface area contributed by atoms with E-state index in [1.165, 1.54) is 19.3 Å². The number of hydrogen-bond acceptors (Lipinski definition) is 4. The van der Waals surface area contributed by atoms with Gasteiger partial charge in [-0.2, -0.15) is 11.8 Å². The van der Waals surface area contributed by atoms with Crippen LogP contribution in [0.25, 0.3) is 0 Å². The van der Waals surface area contributed by atoms with Crippen LogP contribution in [-0.2, 0) is 9.59 Å². The van der Waals surface area contributed by atoms with Crippen molar-refractivity contribution in [2.45, 2.75) is 116 Å². The Morgan fingerprint density at radius 1 is 1.11 bits per heavy atom. The third-order valence-corrected chi connectivity index (χ3v) is 7.23. The number of aliphatic hydroxyl groups is 1. The Balaban J connectivity index is 2.15. The first-order valence-electron chi connectivity index (χ1n) is 11.2. The molecule has 0 aromatic heterocycles. The Morgan fingerprint density at radius 2 is 1.79 bits per heavy atom. The van der Waals surface area contributed by atoms with Crippen LogP contribution in [0.3, 0.4) is 0 Å². The quantitative estimate of drug-likeness (QED) is 0.329. The maximum Gasteiger partial charge on any atom is 0.303 e. The smallest absolute Gasteiger partial charge is 0.303 e. The molecule has 1 aliphatic rings. The molecule has 0 aromatic carbocycles. The van der Waals surface area contributed by atoms with Crippen molar-refractivity contribution in [3.05, 3.63) is 0 Å². The lowest BCUT2D eigenvalue weighted by atomic mass is 9.89. The number of carboxylic acids is 1. The molecule has 3 atom stereocenters. The van der Waals surface area contributed by atoms with Crippen molar-refractivity contribution >= 4 is 23.5 Å². The molecule has 3 unspecified atom stereocenters. The zero-order valence-electron chi connectivity index (χ0n) is 18.3. The van der Waals surface area contributed by atoms with Gasteiger partial charge in [0.2, 0.25) is 0 Å². The molecular weight excluding hydrogens is 372 g/mol. The van der Waals surface area contributed by atoms with Gasteiger partial charge in [0, 0.05) is 29.8 Å². The van der Waals surface area contributed by atoms with E-state index in [4.69, 9.17) is 5.11 Å². The molecule has 0 heterocycles. The third-order valence-electron chi connectivity index (χ3n) is 5.66. The SMILES string of the molecule is CC(C)(C)CCCCCC(O)CSC1CCC(=O)C1CCCCCCC(=O)O. The second-order valence-electron chi connectivity index (χ2n) is 9.64. The fourth-order valence-corrected chi connectivity index (χ4v) is 5.39. The molecule has 1 rings (SSSR count). The van der Waals surface area contributed by atoms with E-state index in [9.17, 15) is 14.7 Å². The van der Waals surface area contributed by atoms with Crippen LogP contribution in [0.4, 0.5) is 0 Å². The zero-order chi connectivity index (χ0) is 21.0. The predicted octanol–water partition coefficient (Wildman–Crippen LogP) is 5.85.